The molecule has 3 nitrogen and oxygen atoms in total. The van der Waals surface area contributed by atoms with Crippen LogP contribution in [0.5, 0.6) is 0 Å². The van der Waals surface area contributed by atoms with Gasteiger partial charge in [0, 0.05) is 11.1 Å². The second-order valence-corrected chi connectivity index (χ2v) is 4.65. The van der Waals surface area contributed by atoms with Gasteiger partial charge < -0.3 is 5.11 Å². The normalized spacial score (nSPS) is 10.2. The van der Waals surface area contributed by atoms with E-state index in [1.165, 1.54) is 11.8 Å². The third-order valence-electron chi connectivity index (χ3n) is 1.43. The number of carboxylic acids is 1. The molecule has 0 aromatic carbocycles. The Morgan fingerprint density at radius 3 is 3.08 bits per heavy atom. The van der Waals surface area contributed by atoms with Gasteiger partial charge in [-0.3, -0.25) is 4.79 Å². The van der Waals surface area contributed by atoms with Crippen LogP contribution in [-0.4, -0.2) is 21.8 Å². The van der Waals surface area contributed by atoms with Crippen LogP contribution in [0.4, 0.5) is 0 Å². The molecule has 0 aliphatic carbocycles. The average Bonchev–Trinajstić information content (AvgIpc) is 2.52. The molecule has 0 amide bonds. The Bertz CT molecular complexity index is 285. The third-order valence-corrected chi connectivity index (χ3v) is 3.51. The number of nitrogens with zero attached hydrogens (tertiary/aromatic N) is 1. The first kappa shape index (κ1) is 10.5. The maximum atomic E-state index is 10.2. The van der Waals surface area contributed by atoms with E-state index in [1.807, 2.05) is 5.38 Å². The van der Waals surface area contributed by atoms with Crippen molar-refractivity contribution in [3.63, 3.8) is 0 Å². The molecule has 0 aliphatic rings. The van der Waals surface area contributed by atoms with Crippen molar-refractivity contribution >= 4 is 29.1 Å². The number of thioether (sulfide) groups is 1. The lowest BCUT2D eigenvalue weighted by molar-refractivity contribution is -0.136. The number of carboxylic acid groups (broad SMARTS) is 1. The summed E-state index contributed by atoms with van der Waals surface area (Å²) in [6.45, 7) is 2.06. The van der Waals surface area contributed by atoms with E-state index in [1.54, 1.807) is 11.3 Å². The summed E-state index contributed by atoms with van der Waals surface area (Å²) >= 11 is 3.10. The van der Waals surface area contributed by atoms with Gasteiger partial charge in [0.15, 0.2) is 0 Å². The van der Waals surface area contributed by atoms with Crippen LogP contribution in [0.25, 0.3) is 0 Å². The van der Waals surface area contributed by atoms with Gasteiger partial charge in [-0.2, -0.15) is 0 Å². The van der Waals surface area contributed by atoms with Gasteiger partial charge >= 0.3 is 5.97 Å². The monoisotopic (exact) mass is 217 g/mol. The molecule has 0 bridgehead atoms. The third kappa shape index (κ3) is 3.78. The summed E-state index contributed by atoms with van der Waals surface area (Å²) in [5, 5.41) is 10.4. The predicted octanol–water partition coefficient (Wildman–Crippen LogP) is 2.27. The molecule has 72 valence electrons. The van der Waals surface area contributed by atoms with Crippen molar-refractivity contribution < 1.29 is 9.90 Å². The highest BCUT2D eigenvalue weighted by Gasteiger charge is 2.02. The maximum Gasteiger partial charge on any atom is 0.304 e. The smallest absolute Gasteiger partial charge is 0.304 e. The number of rotatable bonds is 5. The number of thiazole rings is 1. The molecule has 1 N–H and O–H groups in total. The number of aliphatic carboxylic acids is 1. The topological polar surface area (TPSA) is 50.2 Å². The van der Waals surface area contributed by atoms with Crippen molar-refractivity contribution in [3.05, 3.63) is 11.1 Å². The fraction of sp³-hybridized carbons (Fsp3) is 0.500. The molecule has 0 saturated carbocycles. The Morgan fingerprint density at radius 1 is 1.77 bits per heavy atom. The molecule has 0 fully saturated rings. The molecule has 1 aromatic rings. The first-order valence-corrected chi connectivity index (χ1v) is 5.88. The van der Waals surface area contributed by atoms with Crippen molar-refractivity contribution in [1.29, 1.82) is 0 Å². The largest absolute Gasteiger partial charge is 0.481 e. The summed E-state index contributed by atoms with van der Waals surface area (Å²) in [6.07, 6.45) is 1.14. The zero-order valence-electron chi connectivity index (χ0n) is 7.32. The van der Waals surface area contributed by atoms with Crippen molar-refractivity contribution in [2.75, 3.05) is 5.75 Å². The van der Waals surface area contributed by atoms with Gasteiger partial charge in [0.25, 0.3) is 0 Å². The molecule has 1 aromatic heterocycles. The summed E-state index contributed by atoms with van der Waals surface area (Å²) in [7, 11) is 0. The van der Waals surface area contributed by atoms with Gasteiger partial charge in [-0.05, 0) is 6.42 Å². The first-order chi connectivity index (χ1) is 6.22. The molecule has 0 unspecified atom stereocenters. The Balaban J connectivity index is 2.32. The highest BCUT2D eigenvalue weighted by atomic mass is 32.2. The van der Waals surface area contributed by atoms with Crippen molar-refractivity contribution in [2.24, 2.45) is 0 Å². The van der Waals surface area contributed by atoms with Gasteiger partial charge in [0.05, 0.1) is 12.1 Å². The summed E-state index contributed by atoms with van der Waals surface area (Å²) in [5.74, 6) is -0.147. The minimum absolute atomic E-state index is 0.200. The molecular weight excluding hydrogens is 206 g/mol. The van der Waals surface area contributed by atoms with E-state index in [0.29, 0.717) is 5.75 Å². The molecule has 1 heterocycles. The van der Waals surface area contributed by atoms with Crippen LogP contribution >= 0.6 is 23.1 Å². The zero-order valence-corrected chi connectivity index (χ0v) is 8.95. The number of aryl methyl sites for hydroxylation is 1. The van der Waals surface area contributed by atoms with E-state index < -0.39 is 5.97 Å². The molecule has 0 radical (unpaired) electrons. The number of carbonyl (C=O) groups is 1. The molecule has 0 spiro atoms. The van der Waals surface area contributed by atoms with Gasteiger partial charge in [-0.15, -0.1) is 11.3 Å². The standard InChI is InChI=1S/C8H11NO2S2/c1-2-6-5-13-8(9-6)12-4-3-7(10)11/h5H,2-4H2,1H3,(H,10,11). The molecule has 0 aliphatic heterocycles. The van der Waals surface area contributed by atoms with Crippen molar-refractivity contribution in [1.82, 2.24) is 4.98 Å². The fourth-order valence-electron chi connectivity index (χ4n) is 0.743. The Labute approximate surface area is 85.2 Å². The van der Waals surface area contributed by atoms with Crippen LogP contribution < -0.4 is 0 Å². The zero-order chi connectivity index (χ0) is 9.68. The van der Waals surface area contributed by atoms with E-state index in [0.717, 1.165) is 16.5 Å². The lowest BCUT2D eigenvalue weighted by Gasteiger charge is -1.92. The lowest BCUT2D eigenvalue weighted by Crippen LogP contribution is -1.95. The van der Waals surface area contributed by atoms with E-state index in [4.69, 9.17) is 5.11 Å². The molecule has 13 heavy (non-hydrogen) atoms. The van der Waals surface area contributed by atoms with Crippen LogP contribution in [0, 0.1) is 0 Å². The quantitative estimate of drug-likeness (QED) is 0.769. The average molecular weight is 217 g/mol. The molecular formula is C8H11NO2S2. The van der Waals surface area contributed by atoms with Gasteiger partial charge in [0.1, 0.15) is 4.34 Å². The second kappa shape index (κ2) is 5.24. The van der Waals surface area contributed by atoms with E-state index >= 15 is 0 Å². The van der Waals surface area contributed by atoms with E-state index in [9.17, 15) is 4.79 Å². The Morgan fingerprint density at radius 2 is 2.54 bits per heavy atom. The summed E-state index contributed by atoms with van der Waals surface area (Å²) in [4.78, 5) is 14.5. The second-order valence-electron chi connectivity index (χ2n) is 2.45. The van der Waals surface area contributed by atoms with Crippen LogP contribution in [-0.2, 0) is 11.2 Å². The SMILES string of the molecule is CCc1csc(SCCC(=O)O)n1. The Kier molecular flexibility index (Phi) is 4.24. The minimum Gasteiger partial charge on any atom is -0.481 e. The summed E-state index contributed by atoms with van der Waals surface area (Å²) < 4.78 is 0.970. The van der Waals surface area contributed by atoms with Gasteiger partial charge in [-0.1, -0.05) is 18.7 Å². The summed E-state index contributed by atoms with van der Waals surface area (Å²) in [5.41, 5.74) is 1.09. The highest BCUT2D eigenvalue weighted by molar-refractivity contribution is 8.01. The number of hydrogen-bond donors (Lipinski definition) is 1. The Hall–Kier alpha value is -0.550. The lowest BCUT2D eigenvalue weighted by atomic mass is 10.4. The number of hydrogen-bond acceptors (Lipinski definition) is 4. The fourth-order valence-corrected chi connectivity index (χ4v) is 2.67. The summed E-state index contributed by atoms with van der Waals surface area (Å²) in [6, 6.07) is 0. The molecule has 5 heteroatoms. The van der Waals surface area contributed by atoms with Crippen LogP contribution in [0.1, 0.15) is 19.0 Å². The molecule has 0 saturated heterocycles. The van der Waals surface area contributed by atoms with Gasteiger partial charge in [0.2, 0.25) is 0 Å². The van der Waals surface area contributed by atoms with E-state index in [2.05, 4.69) is 11.9 Å². The molecule has 1 rings (SSSR count). The van der Waals surface area contributed by atoms with Crippen molar-refractivity contribution in [3.8, 4) is 0 Å². The molecule has 0 atom stereocenters. The number of aromatic nitrogens is 1. The van der Waals surface area contributed by atoms with Crippen molar-refractivity contribution in [2.45, 2.75) is 24.1 Å². The van der Waals surface area contributed by atoms with Crippen LogP contribution in [0.3, 0.4) is 0 Å². The predicted molar refractivity (Wildman–Crippen MR) is 54.5 cm³/mol. The van der Waals surface area contributed by atoms with Crippen LogP contribution in [0.15, 0.2) is 9.72 Å². The first-order valence-electron chi connectivity index (χ1n) is 4.01. The minimum atomic E-state index is -0.750. The van der Waals surface area contributed by atoms with Crippen LogP contribution in [0.2, 0.25) is 0 Å². The maximum absolute atomic E-state index is 10.2. The van der Waals surface area contributed by atoms with E-state index in [-0.39, 0.29) is 6.42 Å². The van der Waals surface area contributed by atoms with Gasteiger partial charge in [-0.25, -0.2) is 4.98 Å². The highest BCUT2D eigenvalue weighted by Crippen LogP contribution is 2.23.